The Kier molecular flexibility index (Phi) is 4.20. The number of H-pyrrole nitrogens is 2. The van der Waals surface area contributed by atoms with Crippen LogP contribution in [0.5, 0.6) is 0 Å². The van der Waals surface area contributed by atoms with Gasteiger partial charge in [0.1, 0.15) is 5.56 Å². The normalized spacial score (nSPS) is 10.5. The molecule has 8 heteroatoms. The molecule has 0 bridgehead atoms. The van der Waals surface area contributed by atoms with Crippen molar-refractivity contribution in [3.63, 3.8) is 0 Å². The number of benzene rings is 1. The molecule has 0 saturated carbocycles. The van der Waals surface area contributed by atoms with Crippen LogP contribution in [0.25, 0.3) is 11.3 Å². The lowest BCUT2D eigenvalue weighted by molar-refractivity contribution is 0.0949. The number of rotatable bonds is 4. The van der Waals surface area contributed by atoms with Crippen LogP contribution in [0.2, 0.25) is 5.02 Å². The summed E-state index contributed by atoms with van der Waals surface area (Å²) < 4.78 is 0. The third-order valence-electron chi connectivity index (χ3n) is 3.21. The Morgan fingerprint density at radius 3 is 2.74 bits per heavy atom. The van der Waals surface area contributed by atoms with E-state index in [1.54, 1.807) is 36.7 Å². The van der Waals surface area contributed by atoms with Crippen molar-refractivity contribution in [1.82, 2.24) is 25.7 Å². The summed E-state index contributed by atoms with van der Waals surface area (Å²) >= 11 is 5.81. The van der Waals surface area contributed by atoms with Gasteiger partial charge in [-0.25, -0.2) is 5.10 Å². The maximum Gasteiger partial charge on any atom is 0.277 e. The molecule has 0 atom stereocenters. The van der Waals surface area contributed by atoms with Gasteiger partial charge >= 0.3 is 0 Å². The van der Waals surface area contributed by atoms with Crippen molar-refractivity contribution in [3.8, 4) is 11.3 Å². The van der Waals surface area contributed by atoms with Crippen LogP contribution in [0.4, 0.5) is 0 Å². The van der Waals surface area contributed by atoms with Gasteiger partial charge in [0.15, 0.2) is 0 Å². The van der Waals surface area contributed by atoms with Crippen LogP contribution in [-0.2, 0) is 6.54 Å². The second kappa shape index (κ2) is 6.45. The molecule has 0 aliphatic heterocycles. The third kappa shape index (κ3) is 3.46. The molecule has 0 aliphatic rings. The Bertz CT molecular complexity index is 872. The molecular formula is C15H12ClN5O2. The molecule has 23 heavy (non-hydrogen) atoms. The molecule has 7 nitrogen and oxygen atoms in total. The lowest BCUT2D eigenvalue weighted by Crippen LogP contribution is -2.29. The largest absolute Gasteiger partial charge is 0.348 e. The van der Waals surface area contributed by atoms with Crippen LogP contribution in [0.1, 0.15) is 15.9 Å². The molecule has 0 spiro atoms. The van der Waals surface area contributed by atoms with Gasteiger partial charge in [-0.15, -0.1) is 0 Å². The number of aromatic nitrogens is 4. The fourth-order valence-electron chi connectivity index (χ4n) is 1.99. The molecule has 0 aliphatic carbocycles. The number of nitrogens with one attached hydrogen (secondary N) is 3. The van der Waals surface area contributed by atoms with Crippen molar-refractivity contribution in [1.29, 1.82) is 0 Å². The number of carbonyl (C=O) groups excluding carboxylic acids is 1. The summed E-state index contributed by atoms with van der Waals surface area (Å²) in [5.41, 5.74) is 1.45. The van der Waals surface area contributed by atoms with Crippen LogP contribution >= 0.6 is 11.6 Å². The highest BCUT2D eigenvalue weighted by molar-refractivity contribution is 6.30. The molecule has 116 valence electrons. The topological polar surface area (TPSA) is 104 Å². The summed E-state index contributed by atoms with van der Waals surface area (Å²) in [5.74, 6) is -0.478. The number of carbonyl (C=O) groups is 1. The SMILES string of the molecule is O=C(NCc1ccc(Cl)cc1)c1cc(-c2cn[nH]c2)n[nH]c1=O. The van der Waals surface area contributed by atoms with Crippen molar-refractivity contribution >= 4 is 17.5 Å². The highest BCUT2D eigenvalue weighted by atomic mass is 35.5. The molecule has 3 aromatic rings. The predicted molar refractivity (Wildman–Crippen MR) is 85.1 cm³/mol. The fraction of sp³-hybridized carbons (Fsp3) is 0.0667. The fourth-order valence-corrected chi connectivity index (χ4v) is 2.12. The second-order valence-corrected chi connectivity index (χ2v) is 5.23. The number of hydrogen-bond donors (Lipinski definition) is 3. The van der Waals surface area contributed by atoms with Crippen LogP contribution in [0, 0.1) is 0 Å². The highest BCUT2D eigenvalue weighted by Crippen LogP contribution is 2.13. The molecule has 0 fully saturated rings. The first-order chi connectivity index (χ1) is 11.1. The van der Waals surface area contributed by atoms with E-state index in [9.17, 15) is 9.59 Å². The summed E-state index contributed by atoms with van der Waals surface area (Å²) in [7, 11) is 0. The Balaban J connectivity index is 1.77. The van der Waals surface area contributed by atoms with E-state index < -0.39 is 11.5 Å². The van der Waals surface area contributed by atoms with E-state index >= 15 is 0 Å². The van der Waals surface area contributed by atoms with E-state index in [4.69, 9.17) is 11.6 Å². The van der Waals surface area contributed by atoms with E-state index in [0.29, 0.717) is 22.8 Å². The zero-order valence-electron chi connectivity index (χ0n) is 11.8. The number of nitrogens with zero attached hydrogens (tertiary/aromatic N) is 2. The van der Waals surface area contributed by atoms with Gasteiger partial charge in [0.05, 0.1) is 11.9 Å². The van der Waals surface area contributed by atoms with E-state index in [1.807, 2.05) is 0 Å². The summed E-state index contributed by atoms with van der Waals surface area (Å²) in [6.07, 6.45) is 3.17. The van der Waals surface area contributed by atoms with Gasteiger partial charge in [-0.05, 0) is 23.8 Å². The van der Waals surface area contributed by atoms with E-state index in [2.05, 4.69) is 25.7 Å². The zero-order chi connectivity index (χ0) is 16.2. The Labute approximate surface area is 135 Å². The van der Waals surface area contributed by atoms with Crippen LogP contribution in [0.3, 0.4) is 0 Å². The first kappa shape index (κ1) is 15.0. The molecule has 2 heterocycles. The molecule has 1 aromatic carbocycles. The van der Waals surface area contributed by atoms with E-state index in [-0.39, 0.29) is 5.56 Å². The van der Waals surface area contributed by atoms with Gasteiger partial charge < -0.3 is 5.32 Å². The Morgan fingerprint density at radius 1 is 1.26 bits per heavy atom. The monoisotopic (exact) mass is 329 g/mol. The molecule has 1 amide bonds. The molecule has 0 unspecified atom stereocenters. The van der Waals surface area contributed by atoms with Crippen molar-refractivity contribution in [2.75, 3.05) is 0 Å². The minimum atomic E-state index is -0.550. The smallest absolute Gasteiger partial charge is 0.277 e. The van der Waals surface area contributed by atoms with E-state index in [0.717, 1.165) is 5.56 Å². The van der Waals surface area contributed by atoms with Gasteiger partial charge in [0.25, 0.3) is 11.5 Å². The average Bonchev–Trinajstić information content (AvgIpc) is 3.09. The number of halogens is 1. The summed E-state index contributed by atoms with van der Waals surface area (Å²) in [6.45, 7) is 0.290. The Morgan fingerprint density at radius 2 is 2.04 bits per heavy atom. The maximum absolute atomic E-state index is 12.2. The van der Waals surface area contributed by atoms with Gasteiger partial charge in [-0.1, -0.05) is 23.7 Å². The van der Waals surface area contributed by atoms with Crippen LogP contribution in [-0.4, -0.2) is 26.3 Å². The van der Waals surface area contributed by atoms with Gasteiger partial charge in [-0.2, -0.15) is 10.2 Å². The Hall–Kier alpha value is -2.93. The first-order valence-corrected chi connectivity index (χ1v) is 7.13. The van der Waals surface area contributed by atoms with Gasteiger partial charge in [-0.3, -0.25) is 14.7 Å². The molecular weight excluding hydrogens is 318 g/mol. The molecule has 0 radical (unpaired) electrons. The van der Waals surface area contributed by atoms with E-state index in [1.165, 1.54) is 6.07 Å². The summed E-state index contributed by atoms with van der Waals surface area (Å²) in [6, 6.07) is 8.51. The zero-order valence-corrected chi connectivity index (χ0v) is 12.6. The maximum atomic E-state index is 12.2. The molecule has 2 aromatic heterocycles. The number of amides is 1. The average molecular weight is 330 g/mol. The van der Waals surface area contributed by atoms with Crippen molar-refractivity contribution in [2.24, 2.45) is 0 Å². The van der Waals surface area contributed by atoms with Crippen LogP contribution < -0.4 is 10.9 Å². The lowest BCUT2D eigenvalue weighted by atomic mass is 10.1. The first-order valence-electron chi connectivity index (χ1n) is 6.75. The van der Waals surface area contributed by atoms with Crippen molar-refractivity contribution < 1.29 is 4.79 Å². The second-order valence-electron chi connectivity index (χ2n) is 4.79. The third-order valence-corrected chi connectivity index (χ3v) is 3.46. The minimum absolute atomic E-state index is 0.00911. The lowest BCUT2D eigenvalue weighted by Gasteiger charge is -2.06. The van der Waals surface area contributed by atoms with Crippen molar-refractivity contribution in [3.05, 3.63) is 69.2 Å². The predicted octanol–water partition coefficient (Wildman–Crippen LogP) is 1.74. The molecule has 3 N–H and O–H groups in total. The van der Waals surface area contributed by atoms with Crippen LogP contribution in [0.15, 0.2) is 47.5 Å². The highest BCUT2D eigenvalue weighted by Gasteiger charge is 2.13. The van der Waals surface area contributed by atoms with Gasteiger partial charge in [0, 0.05) is 23.3 Å². The summed E-state index contributed by atoms with van der Waals surface area (Å²) in [5, 5.41) is 16.0. The molecule has 3 rings (SSSR count). The quantitative estimate of drug-likeness (QED) is 0.678. The number of aromatic amines is 2. The molecule has 0 saturated heterocycles. The summed E-state index contributed by atoms with van der Waals surface area (Å²) in [4.78, 5) is 24.0. The van der Waals surface area contributed by atoms with Crippen molar-refractivity contribution in [2.45, 2.75) is 6.54 Å². The van der Waals surface area contributed by atoms with Gasteiger partial charge in [0.2, 0.25) is 0 Å². The standard InChI is InChI=1S/C15H12ClN5O2/c16-11-3-1-9(2-4-11)6-17-14(22)12-5-13(20-21-15(12)23)10-7-18-19-8-10/h1-5,7-8H,6H2,(H,17,22)(H,18,19)(H,21,23). The number of hydrogen-bond acceptors (Lipinski definition) is 4. The minimum Gasteiger partial charge on any atom is -0.348 e.